The van der Waals surface area contributed by atoms with Crippen LogP contribution in [0.25, 0.3) is 0 Å². The van der Waals surface area contributed by atoms with E-state index in [-0.39, 0.29) is 36.5 Å². The zero-order valence-electron chi connectivity index (χ0n) is 13.7. The number of halogens is 1. The highest BCUT2D eigenvalue weighted by atomic mass is 35.5. The highest BCUT2D eigenvalue weighted by molar-refractivity contribution is 7.91. The van der Waals surface area contributed by atoms with E-state index in [1.807, 2.05) is 0 Å². The van der Waals surface area contributed by atoms with Crippen molar-refractivity contribution in [3.8, 4) is 0 Å². The van der Waals surface area contributed by atoms with Crippen LogP contribution in [0.4, 0.5) is 0 Å². The molecule has 0 spiro atoms. The lowest BCUT2D eigenvalue weighted by Gasteiger charge is -2.08. The number of rotatable bonds is 8. The summed E-state index contributed by atoms with van der Waals surface area (Å²) in [5.74, 6) is -1.79. The molecule has 0 aliphatic carbocycles. The lowest BCUT2D eigenvalue weighted by Crippen LogP contribution is -2.29. The molecule has 0 aromatic heterocycles. The van der Waals surface area contributed by atoms with Crippen LogP contribution < -0.4 is 11.1 Å². The van der Waals surface area contributed by atoms with E-state index in [0.717, 1.165) is 12.7 Å². The number of carbonyl (C=O) groups excluding carboxylic acids is 2. The summed E-state index contributed by atoms with van der Waals surface area (Å²) in [5, 5.41) is 2.73. The van der Waals surface area contributed by atoms with Crippen molar-refractivity contribution < 1.29 is 22.7 Å². The van der Waals surface area contributed by atoms with Gasteiger partial charge in [-0.2, -0.15) is 0 Å². The Hall–Kier alpha value is -1.64. The van der Waals surface area contributed by atoms with E-state index in [1.54, 1.807) is 31.2 Å². The Kier molecular flexibility index (Phi) is 9.57. The number of nitrogens with one attached hydrogen (secondary N) is 1. The fraction of sp³-hybridized carbons (Fsp3) is 0.467. The Labute approximate surface area is 148 Å². The zero-order valence-corrected chi connectivity index (χ0v) is 15.3. The number of ether oxygens (including phenoxy) is 1. The van der Waals surface area contributed by atoms with Crippen LogP contribution in [0, 0.1) is 0 Å². The van der Waals surface area contributed by atoms with Crippen molar-refractivity contribution in [1.82, 2.24) is 5.32 Å². The molecule has 1 aromatic carbocycles. The van der Waals surface area contributed by atoms with Gasteiger partial charge in [0.15, 0.2) is 9.84 Å². The summed E-state index contributed by atoms with van der Waals surface area (Å²) in [6.07, 6.45) is 0.254. The van der Waals surface area contributed by atoms with Gasteiger partial charge in [0.1, 0.15) is 5.75 Å². The Bertz CT molecular complexity index is 644. The Balaban J connectivity index is 0.00000529. The van der Waals surface area contributed by atoms with Crippen molar-refractivity contribution in [2.24, 2.45) is 5.73 Å². The summed E-state index contributed by atoms with van der Waals surface area (Å²) in [5.41, 5.74) is 6.95. The number of esters is 1. The molecule has 24 heavy (non-hydrogen) atoms. The molecule has 7 nitrogen and oxygen atoms in total. The van der Waals surface area contributed by atoms with E-state index in [2.05, 4.69) is 10.1 Å². The minimum absolute atomic E-state index is 0. The smallest absolute Gasteiger partial charge is 0.320 e. The first-order chi connectivity index (χ1) is 10.7. The molecule has 1 rings (SSSR count). The monoisotopic (exact) mass is 378 g/mol. The average Bonchev–Trinajstić information content (AvgIpc) is 2.44. The Morgan fingerprint density at radius 3 is 2.25 bits per heavy atom. The molecule has 0 heterocycles. The average molecular weight is 379 g/mol. The molecule has 0 radical (unpaired) electrons. The number of nitrogens with two attached hydrogens (primary N) is 1. The third-order valence-corrected chi connectivity index (χ3v) is 4.42. The number of amides is 1. The summed E-state index contributed by atoms with van der Waals surface area (Å²) in [4.78, 5) is 22.5. The molecule has 0 aliphatic heterocycles. The summed E-state index contributed by atoms with van der Waals surface area (Å²) < 4.78 is 28.0. The van der Waals surface area contributed by atoms with Gasteiger partial charge in [0.25, 0.3) is 0 Å². The SMILES string of the molecule is COC(=O)CS(=O)(=O)Cc1ccc(CNC(=O)CC(C)N)cc1.Cl. The van der Waals surface area contributed by atoms with Gasteiger partial charge in [-0.25, -0.2) is 8.42 Å². The quantitative estimate of drug-likeness (QED) is 0.638. The van der Waals surface area contributed by atoms with Gasteiger partial charge >= 0.3 is 5.97 Å². The van der Waals surface area contributed by atoms with Crippen molar-refractivity contribution >= 4 is 34.1 Å². The van der Waals surface area contributed by atoms with Crippen LogP contribution in [-0.4, -0.2) is 39.2 Å². The maximum atomic E-state index is 11.8. The van der Waals surface area contributed by atoms with Gasteiger partial charge in [0.05, 0.1) is 12.9 Å². The molecule has 0 aliphatic rings. The van der Waals surface area contributed by atoms with Gasteiger partial charge in [0, 0.05) is 19.0 Å². The van der Waals surface area contributed by atoms with Gasteiger partial charge in [-0.15, -0.1) is 12.4 Å². The molecule has 9 heteroatoms. The molecule has 1 unspecified atom stereocenters. The number of hydrogen-bond donors (Lipinski definition) is 2. The van der Waals surface area contributed by atoms with Crippen LogP contribution in [0.3, 0.4) is 0 Å². The molecule has 0 fully saturated rings. The van der Waals surface area contributed by atoms with Crippen molar-refractivity contribution in [3.05, 3.63) is 35.4 Å². The van der Waals surface area contributed by atoms with Gasteiger partial charge < -0.3 is 15.8 Å². The Morgan fingerprint density at radius 1 is 1.21 bits per heavy atom. The van der Waals surface area contributed by atoms with E-state index in [4.69, 9.17) is 5.73 Å². The minimum atomic E-state index is -3.56. The fourth-order valence-corrected chi connectivity index (χ4v) is 3.14. The normalized spacial score (nSPS) is 12.0. The molecular formula is C15H23ClN2O5S. The molecule has 0 saturated heterocycles. The topological polar surface area (TPSA) is 116 Å². The van der Waals surface area contributed by atoms with E-state index >= 15 is 0 Å². The summed E-state index contributed by atoms with van der Waals surface area (Å²) in [7, 11) is -2.41. The number of carbonyl (C=O) groups is 2. The number of sulfone groups is 1. The van der Waals surface area contributed by atoms with Gasteiger partial charge in [-0.3, -0.25) is 9.59 Å². The fourth-order valence-electron chi connectivity index (χ4n) is 1.86. The zero-order chi connectivity index (χ0) is 17.5. The Morgan fingerprint density at radius 2 is 1.75 bits per heavy atom. The van der Waals surface area contributed by atoms with Crippen LogP contribution in [0.1, 0.15) is 24.5 Å². The largest absolute Gasteiger partial charge is 0.468 e. The van der Waals surface area contributed by atoms with Gasteiger partial charge in [-0.1, -0.05) is 24.3 Å². The highest BCUT2D eigenvalue weighted by Gasteiger charge is 2.17. The lowest BCUT2D eigenvalue weighted by atomic mass is 10.1. The van der Waals surface area contributed by atoms with E-state index in [0.29, 0.717) is 12.1 Å². The molecule has 0 bridgehead atoms. The summed E-state index contributed by atoms with van der Waals surface area (Å²) in [6, 6.07) is 6.58. The maximum Gasteiger partial charge on any atom is 0.320 e. The number of hydrogen-bond acceptors (Lipinski definition) is 6. The second kappa shape index (κ2) is 10.3. The van der Waals surface area contributed by atoms with Crippen molar-refractivity contribution in [1.29, 1.82) is 0 Å². The molecule has 3 N–H and O–H groups in total. The van der Waals surface area contributed by atoms with Crippen LogP contribution in [0.2, 0.25) is 0 Å². The molecule has 136 valence electrons. The highest BCUT2D eigenvalue weighted by Crippen LogP contribution is 2.09. The molecule has 0 saturated carbocycles. The van der Waals surface area contributed by atoms with Crippen LogP contribution in [0.15, 0.2) is 24.3 Å². The van der Waals surface area contributed by atoms with Crippen molar-refractivity contribution in [2.75, 3.05) is 12.9 Å². The van der Waals surface area contributed by atoms with Crippen molar-refractivity contribution in [2.45, 2.75) is 31.7 Å². The third-order valence-electron chi connectivity index (χ3n) is 2.97. The first-order valence-electron chi connectivity index (χ1n) is 7.09. The summed E-state index contributed by atoms with van der Waals surface area (Å²) in [6.45, 7) is 2.10. The maximum absolute atomic E-state index is 11.8. The first kappa shape index (κ1) is 22.4. The van der Waals surface area contributed by atoms with Crippen LogP contribution >= 0.6 is 12.4 Å². The van der Waals surface area contributed by atoms with Crippen LogP contribution in [-0.2, 0) is 36.5 Å². The molecule has 1 atom stereocenters. The standard InChI is InChI=1S/C15H22N2O5S.ClH/c1-11(16)7-14(18)17-8-12-3-5-13(6-4-12)9-23(20,21)10-15(19)22-2;/h3-6,11H,7-10,16H2,1-2H3,(H,17,18);1H. The van der Waals surface area contributed by atoms with Gasteiger partial charge in [0.2, 0.25) is 5.91 Å². The summed E-state index contributed by atoms with van der Waals surface area (Å²) >= 11 is 0. The molecule has 1 amide bonds. The predicted octanol–water partition coefficient (Wildman–Crippen LogP) is 0.550. The second-order valence-electron chi connectivity index (χ2n) is 5.38. The molecular weight excluding hydrogens is 356 g/mol. The lowest BCUT2D eigenvalue weighted by molar-refractivity contribution is -0.137. The molecule has 1 aromatic rings. The van der Waals surface area contributed by atoms with Crippen LogP contribution in [0.5, 0.6) is 0 Å². The van der Waals surface area contributed by atoms with Crippen molar-refractivity contribution in [3.63, 3.8) is 0 Å². The number of methoxy groups -OCH3 is 1. The second-order valence-corrected chi connectivity index (χ2v) is 7.45. The van der Waals surface area contributed by atoms with E-state index < -0.39 is 21.6 Å². The predicted molar refractivity (Wildman–Crippen MR) is 93.3 cm³/mol. The van der Waals surface area contributed by atoms with E-state index in [9.17, 15) is 18.0 Å². The minimum Gasteiger partial charge on any atom is -0.468 e. The first-order valence-corrected chi connectivity index (χ1v) is 8.91. The number of benzene rings is 1. The van der Waals surface area contributed by atoms with E-state index in [1.165, 1.54) is 0 Å². The third kappa shape index (κ3) is 8.85. The van der Waals surface area contributed by atoms with Gasteiger partial charge in [-0.05, 0) is 18.1 Å².